The van der Waals surface area contributed by atoms with E-state index in [1.54, 1.807) is 0 Å². The van der Waals surface area contributed by atoms with E-state index >= 15 is 0 Å². The lowest BCUT2D eigenvalue weighted by Crippen LogP contribution is -2.40. The summed E-state index contributed by atoms with van der Waals surface area (Å²) < 4.78 is 0. The molecule has 0 heterocycles. The Kier molecular flexibility index (Phi) is 11.1. The minimum atomic E-state index is -0.374. The molecule has 0 aromatic rings. The van der Waals surface area contributed by atoms with Crippen LogP contribution in [0, 0.1) is 11.8 Å². The average Bonchev–Trinajstić information content (AvgIpc) is 2.26. The molecule has 0 bridgehead atoms. The highest BCUT2D eigenvalue weighted by atomic mass is 28.3. The number of nitrogens with one attached hydrogen (secondary N) is 1. The van der Waals surface area contributed by atoms with Gasteiger partial charge in [0.25, 0.3) is 0 Å². The molecule has 0 unspecified atom stereocenters. The third-order valence-electron chi connectivity index (χ3n) is 3.87. The molecule has 1 nitrogen and oxygen atoms in total. The molecule has 0 aromatic heterocycles. The van der Waals surface area contributed by atoms with Gasteiger partial charge < -0.3 is 4.98 Å². The van der Waals surface area contributed by atoms with Gasteiger partial charge in [-0.05, 0) is 30.3 Å². The van der Waals surface area contributed by atoms with Crippen LogP contribution in [0.25, 0.3) is 0 Å². The third kappa shape index (κ3) is 8.31. The Hall–Kier alpha value is 0.177. The standard InChI is InChI=1S/C16H36NSi/c1-7-8-9-10-11-12-13-17-18(6)16(14(2)3)15(4)5/h14-17H,7-13H2,1-6H3. The molecule has 0 spiro atoms. The van der Waals surface area contributed by atoms with Gasteiger partial charge in [-0.1, -0.05) is 73.3 Å². The molecule has 0 atom stereocenters. The molecule has 0 aliphatic carbocycles. The summed E-state index contributed by atoms with van der Waals surface area (Å²) in [6.07, 6.45) is 8.41. The second-order valence-electron chi connectivity index (χ2n) is 6.39. The fourth-order valence-electron chi connectivity index (χ4n) is 3.08. The van der Waals surface area contributed by atoms with Crippen molar-refractivity contribution in [2.45, 2.75) is 85.2 Å². The van der Waals surface area contributed by atoms with Crippen LogP contribution in [0.4, 0.5) is 0 Å². The van der Waals surface area contributed by atoms with Gasteiger partial charge in [-0.25, -0.2) is 0 Å². The van der Waals surface area contributed by atoms with Crippen LogP contribution in [0.2, 0.25) is 12.1 Å². The lowest BCUT2D eigenvalue weighted by molar-refractivity contribution is 0.453. The first-order valence-corrected chi connectivity index (χ1v) is 10.2. The van der Waals surface area contributed by atoms with Crippen LogP contribution in [0.1, 0.15) is 73.1 Å². The first-order valence-electron chi connectivity index (χ1n) is 8.08. The normalized spacial score (nSPS) is 12.3. The Morgan fingerprint density at radius 1 is 0.833 bits per heavy atom. The van der Waals surface area contributed by atoms with Gasteiger partial charge in [0, 0.05) is 0 Å². The van der Waals surface area contributed by atoms with E-state index in [4.69, 9.17) is 0 Å². The van der Waals surface area contributed by atoms with Crippen molar-refractivity contribution in [2.24, 2.45) is 11.8 Å². The van der Waals surface area contributed by atoms with E-state index < -0.39 is 0 Å². The SMILES string of the molecule is CCCCCCCCN[Si](C)C(C(C)C)C(C)C. The number of hydrogen-bond acceptors (Lipinski definition) is 1. The van der Waals surface area contributed by atoms with Crippen molar-refractivity contribution >= 4 is 8.96 Å². The fraction of sp³-hybridized carbons (Fsp3) is 1.00. The summed E-state index contributed by atoms with van der Waals surface area (Å²) in [5.74, 6) is 1.64. The summed E-state index contributed by atoms with van der Waals surface area (Å²) in [6, 6.07) is 0. The molecular formula is C16H36NSi. The zero-order valence-electron chi connectivity index (χ0n) is 13.7. The molecule has 0 fully saturated rings. The predicted octanol–water partition coefficient (Wildman–Crippen LogP) is 5.24. The summed E-state index contributed by atoms with van der Waals surface area (Å²) in [6.45, 7) is 15.5. The van der Waals surface area contributed by atoms with E-state index in [0.717, 1.165) is 17.4 Å². The van der Waals surface area contributed by atoms with Crippen molar-refractivity contribution < 1.29 is 0 Å². The minimum Gasteiger partial charge on any atom is -0.338 e. The molecular weight excluding hydrogens is 234 g/mol. The Labute approximate surface area is 118 Å². The van der Waals surface area contributed by atoms with Crippen LogP contribution in [-0.2, 0) is 0 Å². The Morgan fingerprint density at radius 2 is 1.33 bits per heavy atom. The fourth-order valence-corrected chi connectivity index (χ4v) is 5.89. The molecule has 1 radical (unpaired) electrons. The van der Waals surface area contributed by atoms with Crippen LogP contribution >= 0.6 is 0 Å². The summed E-state index contributed by atoms with van der Waals surface area (Å²) in [5, 5.41) is 0. The topological polar surface area (TPSA) is 12.0 Å². The molecule has 0 aliphatic rings. The molecule has 0 saturated carbocycles. The predicted molar refractivity (Wildman–Crippen MR) is 86.4 cm³/mol. The van der Waals surface area contributed by atoms with Crippen molar-refractivity contribution in [1.29, 1.82) is 0 Å². The zero-order valence-corrected chi connectivity index (χ0v) is 14.7. The average molecular weight is 271 g/mol. The quantitative estimate of drug-likeness (QED) is 0.400. The van der Waals surface area contributed by atoms with Crippen molar-refractivity contribution in [1.82, 2.24) is 4.98 Å². The van der Waals surface area contributed by atoms with Gasteiger partial charge >= 0.3 is 0 Å². The van der Waals surface area contributed by atoms with Crippen molar-refractivity contribution in [3.8, 4) is 0 Å². The zero-order chi connectivity index (χ0) is 14.0. The van der Waals surface area contributed by atoms with E-state index in [1.807, 2.05) is 0 Å². The third-order valence-corrected chi connectivity index (χ3v) is 7.01. The Bertz CT molecular complexity index is 172. The summed E-state index contributed by atoms with van der Waals surface area (Å²) >= 11 is 0. The lowest BCUT2D eigenvalue weighted by atomic mass is 10.00. The molecule has 0 rings (SSSR count). The van der Waals surface area contributed by atoms with Gasteiger partial charge in [0.2, 0.25) is 0 Å². The highest BCUT2D eigenvalue weighted by molar-refractivity contribution is 6.56. The highest BCUT2D eigenvalue weighted by Crippen LogP contribution is 2.28. The highest BCUT2D eigenvalue weighted by Gasteiger charge is 2.25. The smallest absolute Gasteiger partial charge is 0.134 e. The van der Waals surface area contributed by atoms with Gasteiger partial charge in [0.05, 0.1) is 0 Å². The first kappa shape index (κ1) is 18.2. The molecule has 0 aliphatic heterocycles. The van der Waals surface area contributed by atoms with E-state index in [1.165, 1.54) is 45.1 Å². The second-order valence-corrected chi connectivity index (χ2v) is 8.78. The van der Waals surface area contributed by atoms with Crippen LogP contribution in [0.15, 0.2) is 0 Å². The van der Waals surface area contributed by atoms with E-state index in [0.29, 0.717) is 0 Å². The maximum absolute atomic E-state index is 3.84. The van der Waals surface area contributed by atoms with Gasteiger partial charge in [-0.3, -0.25) is 0 Å². The number of rotatable bonds is 11. The number of hydrogen-bond donors (Lipinski definition) is 1. The molecule has 0 saturated heterocycles. The molecule has 2 heteroatoms. The summed E-state index contributed by atoms with van der Waals surface area (Å²) in [5.41, 5.74) is 0.898. The monoisotopic (exact) mass is 270 g/mol. The van der Waals surface area contributed by atoms with Gasteiger partial charge in [0.15, 0.2) is 0 Å². The molecule has 0 amide bonds. The molecule has 0 aromatic carbocycles. The van der Waals surface area contributed by atoms with Crippen molar-refractivity contribution in [3.63, 3.8) is 0 Å². The summed E-state index contributed by atoms with van der Waals surface area (Å²) in [7, 11) is -0.374. The molecule has 1 N–H and O–H groups in total. The van der Waals surface area contributed by atoms with Crippen LogP contribution in [-0.4, -0.2) is 15.5 Å². The van der Waals surface area contributed by atoms with Gasteiger partial charge in [-0.15, -0.1) is 0 Å². The molecule has 109 valence electrons. The summed E-state index contributed by atoms with van der Waals surface area (Å²) in [4.78, 5) is 3.84. The Morgan fingerprint density at radius 3 is 1.83 bits per heavy atom. The van der Waals surface area contributed by atoms with Crippen LogP contribution in [0.3, 0.4) is 0 Å². The van der Waals surface area contributed by atoms with E-state index in [9.17, 15) is 0 Å². The Balaban J connectivity index is 3.65. The van der Waals surface area contributed by atoms with Crippen LogP contribution in [0.5, 0.6) is 0 Å². The minimum absolute atomic E-state index is 0.374. The number of unbranched alkanes of at least 4 members (excludes halogenated alkanes) is 5. The van der Waals surface area contributed by atoms with Crippen LogP contribution < -0.4 is 4.98 Å². The maximum atomic E-state index is 3.84. The van der Waals surface area contributed by atoms with E-state index in [-0.39, 0.29) is 8.96 Å². The first-order chi connectivity index (χ1) is 8.50. The van der Waals surface area contributed by atoms with Gasteiger partial charge in [-0.2, -0.15) is 0 Å². The van der Waals surface area contributed by atoms with Crippen molar-refractivity contribution in [3.05, 3.63) is 0 Å². The van der Waals surface area contributed by atoms with Crippen molar-refractivity contribution in [2.75, 3.05) is 6.54 Å². The molecule has 18 heavy (non-hydrogen) atoms. The second kappa shape index (κ2) is 11.0. The maximum Gasteiger partial charge on any atom is 0.134 e. The largest absolute Gasteiger partial charge is 0.338 e. The van der Waals surface area contributed by atoms with Gasteiger partial charge in [0.1, 0.15) is 8.96 Å². The lowest BCUT2D eigenvalue weighted by Gasteiger charge is -2.30. The van der Waals surface area contributed by atoms with E-state index in [2.05, 4.69) is 46.1 Å².